The number of nitrogens with two attached hydrogens (primary N) is 1. The van der Waals surface area contributed by atoms with Gasteiger partial charge < -0.3 is 34.9 Å². The molecule has 4 heterocycles. The van der Waals surface area contributed by atoms with Crippen LogP contribution in [0.25, 0.3) is 17.4 Å². The zero-order valence-corrected chi connectivity index (χ0v) is 21.2. The SMILES string of the molecule is CN(CCN1CCN(c2cc(OCC(O)CO)c(F)cc2F)CC1)c1nc(N)n2nc(-c3ccco3)nc2n1. The van der Waals surface area contributed by atoms with E-state index >= 15 is 0 Å². The lowest BCUT2D eigenvalue weighted by Gasteiger charge is -2.37. The summed E-state index contributed by atoms with van der Waals surface area (Å²) in [6.07, 6.45) is 0.378. The second-order valence-corrected chi connectivity index (χ2v) is 9.14. The molecule has 0 radical (unpaired) electrons. The Labute approximate surface area is 222 Å². The third kappa shape index (κ3) is 5.84. The van der Waals surface area contributed by atoms with Crippen LogP contribution in [0.4, 0.5) is 26.4 Å². The van der Waals surface area contributed by atoms with Gasteiger partial charge in [0.2, 0.25) is 17.7 Å². The molecule has 5 rings (SSSR count). The van der Waals surface area contributed by atoms with E-state index in [1.165, 1.54) is 16.8 Å². The predicted octanol–water partition coefficient (Wildman–Crippen LogP) is 0.630. The number of nitrogens with zero attached hydrogens (tertiary/aromatic N) is 8. The van der Waals surface area contributed by atoms with Gasteiger partial charge in [-0.2, -0.15) is 19.5 Å². The van der Waals surface area contributed by atoms with Crippen LogP contribution in [0.2, 0.25) is 0 Å². The van der Waals surface area contributed by atoms with E-state index in [9.17, 15) is 13.9 Å². The maximum absolute atomic E-state index is 14.6. The number of anilines is 3. The first-order valence-electron chi connectivity index (χ1n) is 12.4. The average Bonchev–Trinajstić information content (AvgIpc) is 3.62. The van der Waals surface area contributed by atoms with Crippen molar-refractivity contribution < 1.29 is 28.1 Å². The van der Waals surface area contributed by atoms with E-state index in [4.69, 9.17) is 20.0 Å². The molecule has 0 saturated carbocycles. The zero-order valence-electron chi connectivity index (χ0n) is 21.2. The summed E-state index contributed by atoms with van der Waals surface area (Å²) >= 11 is 0. The minimum atomic E-state index is -1.15. The molecule has 0 aliphatic carbocycles. The first-order valence-corrected chi connectivity index (χ1v) is 12.4. The number of halogens is 2. The summed E-state index contributed by atoms with van der Waals surface area (Å²) in [6.45, 7) is 2.84. The molecule has 15 heteroatoms. The van der Waals surface area contributed by atoms with Gasteiger partial charge in [0.05, 0.1) is 18.6 Å². The molecule has 3 aromatic heterocycles. The van der Waals surface area contributed by atoms with Gasteiger partial charge in [0, 0.05) is 58.4 Å². The number of hydrogen-bond acceptors (Lipinski definition) is 12. The van der Waals surface area contributed by atoms with Crippen LogP contribution in [0.5, 0.6) is 5.75 Å². The predicted molar refractivity (Wildman–Crippen MR) is 138 cm³/mol. The van der Waals surface area contributed by atoms with Crippen molar-refractivity contribution in [1.29, 1.82) is 0 Å². The lowest BCUT2D eigenvalue weighted by Crippen LogP contribution is -2.48. The zero-order chi connectivity index (χ0) is 27.5. The third-order valence-electron chi connectivity index (χ3n) is 6.41. The molecule has 1 saturated heterocycles. The average molecular weight is 546 g/mol. The number of piperazine rings is 1. The normalized spacial score (nSPS) is 15.2. The van der Waals surface area contributed by atoms with Crippen molar-refractivity contribution in [1.82, 2.24) is 29.5 Å². The number of aliphatic hydroxyl groups is 2. The first-order chi connectivity index (χ1) is 18.8. The van der Waals surface area contributed by atoms with E-state index in [1.54, 1.807) is 12.1 Å². The molecule has 39 heavy (non-hydrogen) atoms. The maximum atomic E-state index is 14.6. The maximum Gasteiger partial charge on any atom is 0.259 e. The van der Waals surface area contributed by atoms with Gasteiger partial charge in [-0.15, -0.1) is 5.10 Å². The largest absolute Gasteiger partial charge is 0.488 e. The molecule has 1 aliphatic rings. The van der Waals surface area contributed by atoms with Crippen LogP contribution in [-0.4, -0.2) is 105 Å². The van der Waals surface area contributed by atoms with Crippen molar-refractivity contribution in [2.45, 2.75) is 6.10 Å². The molecule has 13 nitrogen and oxygen atoms in total. The van der Waals surface area contributed by atoms with Crippen LogP contribution < -0.4 is 20.3 Å². The number of rotatable bonds is 10. The number of benzene rings is 1. The van der Waals surface area contributed by atoms with Gasteiger partial charge in [-0.25, -0.2) is 8.78 Å². The van der Waals surface area contributed by atoms with Crippen molar-refractivity contribution >= 4 is 23.4 Å². The van der Waals surface area contributed by atoms with E-state index in [0.29, 0.717) is 62.6 Å². The summed E-state index contributed by atoms with van der Waals surface area (Å²) in [7, 11) is 1.86. The molecule has 1 unspecified atom stereocenters. The molecule has 1 aromatic carbocycles. The van der Waals surface area contributed by atoms with Crippen molar-refractivity contribution in [2.75, 3.05) is 75.1 Å². The van der Waals surface area contributed by atoms with Gasteiger partial charge in [-0.05, 0) is 12.1 Å². The lowest BCUT2D eigenvalue weighted by molar-refractivity contribution is 0.0523. The van der Waals surface area contributed by atoms with E-state index in [2.05, 4.69) is 25.0 Å². The topological polar surface area (TPSA) is 155 Å². The van der Waals surface area contributed by atoms with Crippen LogP contribution in [-0.2, 0) is 0 Å². The molecule has 0 bridgehead atoms. The van der Waals surface area contributed by atoms with Crippen LogP contribution in [0, 0.1) is 11.6 Å². The number of aliphatic hydroxyl groups excluding tert-OH is 2. The Morgan fingerprint density at radius 2 is 1.95 bits per heavy atom. The highest BCUT2D eigenvalue weighted by molar-refractivity contribution is 5.54. The number of furan rings is 1. The van der Waals surface area contributed by atoms with Gasteiger partial charge in [-0.3, -0.25) is 4.90 Å². The summed E-state index contributed by atoms with van der Waals surface area (Å²) in [5.41, 5.74) is 6.32. The Bertz CT molecular complexity index is 1410. The van der Waals surface area contributed by atoms with Gasteiger partial charge in [0.15, 0.2) is 17.3 Å². The second-order valence-electron chi connectivity index (χ2n) is 9.14. The number of hydrogen-bond donors (Lipinski definition) is 3. The first kappa shape index (κ1) is 26.5. The van der Waals surface area contributed by atoms with Crippen LogP contribution in [0.1, 0.15) is 0 Å². The third-order valence-corrected chi connectivity index (χ3v) is 6.41. The van der Waals surface area contributed by atoms with Crippen LogP contribution in [0.15, 0.2) is 34.9 Å². The Balaban J connectivity index is 1.17. The number of ether oxygens (including phenoxy) is 1. The van der Waals surface area contributed by atoms with Gasteiger partial charge >= 0.3 is 0 Å². The fourth-order valence-corrected chi connectivity index (χ4v) is 4.19. The van der Waals surface area contributed by atoms with Gasteiger partial charge in [0.25, 0.3) is 5.78 Å². The number of nitrogen functional groups attached to an aromatic ring is 1. The van der Waals surface area contributed by atoms with E-state index in [1.807, 2.05) is 16.8 Å². The molecule has 1 aliphatic heterocycles. The molecular formula is C24H29F2N9O4. The molecule has 0 spiro atoms. The Kier molecular flexibility index (Phi) is 7.72. The molecule has 0 amide bonds. The van der Waals surface area contributed by atoms with Crippen LogP contribution >= 0.6 is 0 Å². The highest BCUT2D eigenvalue weighted by atomic mass is 19.1. The Morgan fingerprint density at radius 1 is 1.15 bits per heavy atom. The van der Waals surface area contributed by atoms with Crippen molar-refractivity contribution in [2.24, 2.45) is 0 Å². The highest BCUT2D eigenvalue weighted by Gasteiger charge is 2.23. The molecular weight excluding hydrogens is 516 g/mol. The lowest BCUT2D eigenvalue weighted by atomic mass is 10.2. The highest BCUT2D eigenvalue weighted by Crippen LogP contribution is 2.29. The molecule has 208 valence electrons. The van der Waals surface area contributed by atoms with Crippen molar-refractivity contribution in [3.8, 4) is 17.3 Å². The summed E-state index contributed by atoms with van der Waals surface area (Å²) < 4.78 is 40.6. The summed E-state index contributed by atoms with van der Waals surface area (Å²) in [6, 6.07) is 5.54. The quantitative estimate of drug-likeness (QED) is 0.256. The Morgan fingerprint density at radius 3 is 2.67 bits per heavy atom. The smallest absolute Gasteiger partial charge is 0.259 e. The van der Waals surface area contributed by atoms with Crippen molar-refractivity contribution in [3.05, 3.63) is 42.2 Å². The van der Waals surface area contributed by atoms with Crippen molar-refractivity contribution in [3.63, 3.8) is 0 Å². The fraction of sp³-hybridized carbons (Fsp3) is 0.417. The summed E-state index contributed by atoms with van der Waals surface area (Å²) in [4.78, 5) is 19.1. The summed E-state index contributed by atoms with van der Waals surface area (Å²) in [5.74, 6) is -0.0166. The number of likely N-dealkylation sites (N-methyl/N-ethyl adjacent to an activating group) is 1. The number of aromatic nitrogens is 5. The van der Waals surface area contributed by atoms with Crippen LogP contribution in [0.3, 0.4) is 0 Å². The fourth-order valence-electron chi connectivity index (χ4n) is 4.19. The summed E-state index contributed by atoms with van der Waals surface area (Å²) in [5, 5.41) is 22.7. The number of fused-ring (bicyclic) bond motifs is 1. The molecule has 1 fully saturated rings. The van der Waals surface area contributed by atoms with E-state index in [-0.39, 0.29) is 24.0 Å². The molecule has 1 atom stereocenters. The van der Waals surface area contributed by atoms with Gasteiger partial charge in [-0.1, -0.05) is 0 Å². The molecule has 4 N–H and O–H groups in total. The Hall–Kier alpha value is -4.08. The van der Waals surface area contributed by atoms with E-state index < -0.39 is 24.3 Å². The monoisotopic (exact) mass is 545 g/mol. The standard InChI is InChI=1S/C24H29F2N9O4/c1-32(23-29-22(27)35-24(30-23)28-21(31-35)19-3-2-10-38-19)4-5-33-6-8-34(9-7-33)18-12-20(17(26)11-16(18)25)39-14-15(37)13-36/h2-3,10-12,15,36-37H,4-9,13-14H2,1H3,(H2,27,28,29,30,31). The minimum Gasteiger partial charge on any atom is -0.488 e. The molecule has 4 aromatic rings. The second kappa shape index (κ2) is 11.3. The van der Waals surface area contributed by atoms with Gasteiger partial charge in [0.1, 0.15) is 18.5 Å². The minimum absolute atomic E-state index is 0.149. The van der Waals surface area contributed by atoms with E-state index in [0.717, 1.165) is 6.07 Å².